The van der Waals surface area contributed by atoms with Crippen molar-refractivity contribution in [1.29, 1.82) is 0 Å². The summed E-state index contributed by atoms with van der Waals surface area (Å²) < 4.78 is 13.7. The number of anilines is 1. The Balaban J connectivity index is 2.48. The van der Waals surface area contributed by atoms with Gasteiger partial charge < -0.3 is 10.4 Å². The fourth-order valence-electron chi connectivity index (χ4n) is 1.62. The van der Waals surface area contributed by atoms with E-state index in [1.807, 2.05) is 0 Å². The number of carboxylic acid groups (broad SMARTS) is 1. The van der Waals surface area contributed by atoms with Crippen LogP contribution in [0.4, 0.5) is 10.2 Å². The summed E-state index contributed by atoms with van der Waals surface area (Å²) in [5.74, 6) is -1.40. The van der Waals surface area contributed by atoms with Crippen molar-refractivity contribution in [3.05, 3.63) is 23.6 Å². The van der Waals surface area contributed by atoms with Crippen LogP contribution in [-0.4, -0.2) is 22.6 Å². The molecule has 0 amide bonds. The molecule has 0 atom stereocenters. The minimum absolute atomic E-state index is 0.0134. The first-order valence-electron chi connectivity index (χ1n) is 6.14. The Bertz CT molecular complexity index is 408. The van der Waals surface area contributed by atoms with Crippen molar-refractivity contribution in [2.24, 2.45) is 5.92 Å². The molecule has 18 heavy (non-hydrogen) atoms. The summed E-state index contributed by atoms with van der Waals surface area (Å²) >= 11 is 0. The molecule has 1 aromatic heterocycles. The highest BCUT2D eigenvalue weighted by molar-refractivity contribution is 5.88. The molecule has 0 radical (unpaired) electrons. The number of aromatic carboxylic acids is 1. The molecule has 100 valence electrons. The molecule has 4 nitrogen and oxygen atoms in total. The Morgan fingerprint density at radius 3 is 2.83 bits per heavy atom. The van der Waals surface area contributed by atoms with Gasteiger partial charge in [-0.1, -0.05) is 26.7 Å². The van der Waals surface area contributed by atoms with Crippen LogP contribution in [0.3, 0.4) is 0 Å². The first kappa shape index (κ1) is 14.4. The molecule has 0 saturated carbocycles. The van der Waals surface area contributed by atoms with Gasteiger partial charge >= 0.3 is 5.97 Å². The van der Waals surface area contributed by atoms with E-state index in [9.17, 15) is 9.18 Å². The second kappa shape index (κ2) is 6.93. The lowest BCUT2D eigenvalue weighted by Crippen LogP contribution is -2.09. The lowest BCUT2D eigenvalue weighted by atomic mass is 10.1. The van der Waals surface area contributed by atoms with E-state index in [2.05, 4.69) is 24.1 Å². The SMILES string of the molecule is CC(C)CCCCNc1nccc(C(=O)O)c1F. The molecule has 5 heteroatoms. The molecule has 0 aliphatic heterocycles. The van der Waals surface area contributed by atoms with Crippen molar-refractivity contribution in [3.63, 3.8) is 0 Å². The number of unbranched alkanes of at least 4 members (excludes halogenated alkanes) is 1. The molecule has 0 aliphatic carbocycles. The number of aromatic nitrogens is 1. The normalized spacial score (nSPS) is 10.7. The molecule has 0 aliphatic rings. The number of halogens is 1. The average molecular weight is 254 g/mol. The summed E-state index contributed by atoms with van der Waals surface area (Å²) in [7, 11) is 0. The maximum Gasteiger partial charge on any atom is 0.338 e. The Labute approximate surface area is 106 Å². The molecule has 0 spiro atoms. The lowest BCUT2D eigenvalue weighted by molar-refractivity contribution is 0.0692. The van der Waals surface area contributed by atoms with Crippen molar-refractivity contribution in [2.75, 3.05) is 11.9 Å². The molecular weight excluding hydrogens is 235 g/mol. The van der Waals surface area contributed by atoms with Gasteiger partial charge in [0.1, 0.15) is 5.56 Å². The smallest absolute Gasteiger partial charge is 0.338 e. The highest BCUT2D eigenvalue weighted by Gasteiger charge is 2.14. The van der Waals surface area contributed by atoms with Gasteiger partial charge in [0.15, 0.2) is 11.6 Å². The first-order valence-corrected chi connectivity index (χ1v) is 6.14. The van der Waals surface area contributed by atoms with Gasteiger partial charge in [0, 0.05) is 12.7 Å². The molecule has 2 N–H and O–H groups in total. The molecule has 0 fully saturated rings. The van der Waals surface area contributed by atoms with Crippen LogP contribution in [0.15, 0.2) is 12.3 Å². The van der Waals surface area contributed by atoms with E-state index in [-0.39, 0.29) is 11.4 Å². The number of hydrogen-bond acceptors (Lipinski definition) is 3. The van der Waals surface area contributed by atoms with Crippen LogP contribution < -0.4 is 5.32 Å². The summed E-state index contributed by atoms with van der Waals surface area (Å²) in [6, 6.07) is 1.15. The van der Waals surface area contributed by atoms with Crippen LogP contribution in [0.5, 0.6) is 0 Å². The van der Waals surface area contributed by atoms with E-state index >= 15 is 0 Å². The second-order valence-corrected chi connectivity index (χ2v) is 4.64. The van der Waals surface area contributed by atoms with Crippen molar-refractivity contribution in [3.8, 4) is 0 Å². The van der Waals surface area contributed by atoms with Crippen LogP contribution in [0.25, 0.3) is 0 Å². The molecule has 0 aromatic carbocycles. The Kier molecular flexibility index (Phi) is 5.55. The molecule has 0 saturated heterocycles. The van der Waals surface area contributed by atoms with Gasteiger partial charge in [0.05, 0.1) is 0 Å². The predicted molar refractivity (Wildman–Crippen MR) is 68.3 cm³/mol. The Hall–Kier alpha value is -1.65. The summed E-state index contributed by atoms with van der Waals surface area (Å²) in [5, 5.41) is 11.6. The van der Waals surface area contributed by atoms with E-state index in [0.717, 1.165) is 25.3 Å². The van der Waals surface area contributed by atoms with E-state index in [1.54, 1.807) is 0 Å². The molecule has 1 heterocycles. The number of nitrogens with zero attached hydrogens (tertiary/aromatic N) is 1. The monoisotopic (exact) mass is 254 g/mol. The first-order chi connectivity index (χ1) is 8.52. The maximum atomic E-state index is 13.7. The third-order valence-electron chi connectivity index (χ3n) is 2.62. The topological polar surface area (TPSA) is 62.2 Å². The highest BCUT2D eigenvalue weighted by atomic mass is 19.1. The van der Waals surface area contributed by atoms with Gasteiger partial charge in [-0.05, 0) is 18.4 Å². The predicted octanol–water partition coefficient (Wildman–Crippen LogP) is 3.16. The zero-order valence-corrected chi connectivity index (χ0v) is 10.7. The molecular formula is C13H19FN2O2. The standard InChI is InChI=1S/C13H19FN2O2/c1-9(2)5-3-4-7-15-12-11(14)10(13(17)18)6-8-16-12/h6,8-9H,3-5,7H2,1-2H3,(H,15,16)(H,17,18). The van der Waals surface area contributed by atoms with Crippen LogP contribution >= 0.6 is 0 Å². The molecule has 0 bridgehead atoms. The summed E-state index contributed by atoms with van der Waals surface area (Å²) in [6.45, 7) is 4.91. The summed E-state index contributed by atoms with van der Waals surface area (Å²) in [5.41, 5.74) is -0.352. The van der Waals surface area contributed by atoms with Gasteiger partial charge in [-0.3, -0.25) is 0 Å². The third-order valence-corrected chi connectivity index (χ3v) is 2.62. The van der Waals surface area contributed by atoms with Crippen molar-refractivity contribution in [1.82, 2.24) is 4.98 Å². The van der Waals surface area contributed by atoms with Crippen molar-refractivity contribution in [2.45, 2.75) is 33.1 Å². The minimum Gasteiger partial charge on any atom is -0.478 e. The Morgan fingerprint density at radius 2 is 2.22 bits per heavy atom. The molecule has 1 aromatic rings. The third kappa shape index (κ3) is 4.31. The fraction of sp³-hybridized carbons (Fsp3) is 0.538. The number of rotatable bonds is 7. The van der Waals surface area contributed by atoms with Gasteiger partial charge in [-0.15, -0.1) is 0 Å². The zero-order chi connectivity index (χ0) is 13.5. The van der Waals surface area contributed by atoms with Crippen molar-refractivity contribution >= 4 is 11.8 Å². The Morgan fingerprint density at radius 1 is 1.50 bits per heavy atom. The van der Waals surface area contributed by atoms with Crippen LogP contribution in [0, 0.1) is 11.7 Å². The van der Waals surface area contributed by atoms with Crippen LogP contribution in [0.2, 0.25) is 0 Å². The number of hydrogen-bond donors (Lipinski definition) is 2. The van der Waals surface area contributed by atoms with E-state index in [4.69, 9.17) is 5.11 Å². The number of carbonyl (C=O) groups is 1. The second-order valence-electron chi connectivity index (χ2n) is 4.64. The lowest BCUT2D eigenvalue weighted by Gasteiger charge is -2.08. The number of carboxylic acids is 1. The van der Waals surface area contributed by atoms with E-state index in [0.29, 0.717) is 12.5 Å². The average Bonchev–Trinajstić information content (AvgIpc) is 2.30. The van der Waals surface area contributed by atoms with Gasteiger partial charge in [-0.2, -0.15) is 0 Å². The quantitative estimate of drug-likeness (QED) is 0.734. The molecule has 1 rings (SSSR count). The van der Waals surface area contributed by atoms with E-state index in [1.165, 1.54) is 6.20 Å². The fourth-order valence-corrected chi connectivity index (χ4v) is 1.62. The number of pyridine rings is 1. The van der Waals surface area contributed by atoms with E-state index < -0.39 is 11.8 Å². The van der Waals surface area contributed by atoms with Crippen LogP contribution in [-0.2, 0) is 0 Å². The maximum absolute atomic E-state index is 13.7. The van der Waals surface area contributed by atoms with Crippen molar-refractivity contribution < 1.29 is 14.3 Å². The zero-order valence-electron chi connectivity index (χ0n) is 10.7. The number of nitrogens with one attached hydrogen (secondary N) is 1. The minimum atomic E-state index is -1.28. The summed E-state index contributed by atoms with van der Waals surface area (Å²) in [4.78, 5) is 14.5. The highest BCUT2D eigenvalue weighted by Crippen LogP contribution is 2.15. The van der Waals surface area contributed by atoms with Gasteiger partial charge in [0.25, 0.3) is 0 Å². The van der Waals surface area contributed by atoms with Crippen LogP contribution in [0.1, 0.15) is 43.5 Å². The van der Waals surface area contributed by atoms with Gasteiger partial charge in [0.2, 0.25) is 0 Å². The van der Waals surface area contributed by atoms with Gasteiger partial charge in [-0.25, -0.2) is 14.2 Å². The summed E-state index contributed by atoms with van der Waals surface area (Å²) in [6.07, 6.45) is 4.40. The largest absolute Gasteiger partial charge is 0.478 e. The molecule has 0 unspecified atom stereocenters.